The SMILES string of the molecule is COc1cc(Cl)ccc1-c1ccc(=O)n(C2CN(C(=O)c3cccc(C)c3)C2)n1. The van der Waals surface area contributed by atoms with Crippen LogP contribution < -0.4 is 10.3 Å². The van der Waals surface area contributed by atoms with Crippen molar-refractivity contribution in [2.24, 2.45) is 0 Å². The first kappa shape index (κ1) is 19.2. The summed E-state index contributed by atoms with van der Waals surface area (Å²) in [5.41, 5.74) is 2.85. The molecule has 3 aromatic rings. The van der Waals surface area contributed by atoms with Crippen LogP contribution in [0, 0.1) is 6.92 Å². The number of hydrogen-bond donors (Lipinski definition) is 0. The van der Waals surface area contributed by atoms with Crippen molar-refractivity contribution in [3.05, 3.63) is 81.1 Å². The molecule has 0 unspecified atom stereocenters. The molecule has 4 rings (SSSR count). The minimum Gasteiger partial charge on any atom is -0.496 e. The molecule has 0 spiro atoms. The van der Waals surface area contributed by atoms with Crippen molar-refractivity contribution < 1.29 is 9.53 Å². The second-order valence-corrected chi connectivity index (χ2v) is 7.52. The summed E-state index contributed by atoms with van der Waals surface area (Å²) in [6.45, 7) is 2.84. The molecule has 0 saturated carbocycles. The molecule has 1 aliphatic heterocycles. The van der Waals surface area contributed by atoms with E-state index in [1.165, 1.54) is 10.7 Å². The maximum absolute atomic E-state index is 12.6. The first-order chi connectivity index (χ1) is 14.0. The third kappa shape index (κ3) is 3.76. The maximum Gasteiger partial charge on any atom is 0.267 e. The van der Waals surface area contributed by atoms with E-state index in [4.69, 9.17) is 16.3 Å². The summed E-state index contributed by atoms with van der Waals surface area (Å²) in [6, 6.07) is 15.8. The lowest BCUT2D eigenvalue weighted by Gasteiger charge is -2.39. The summed E-state index contributed by atoms with van der Waals surface area (Å²) >= 11 is 6.03. The number of amides is 1. The number of ether oxygens (including phenoxy) is 1. The second-order valence-electron chi connectivity index (χ2n) is 7.08. The molecule has 1 aliphatic rings. The van der Waals surface area contributed by atoms with Gasteiger partial charge in [-0.05, 0) is 43.3 Å². The van der Waals surface area contributed by atoms with E-state index in [0.29, 0.717) is 35.1 Å². The van der Waals surface area contributed by atoms with Crippen molar-refractivity contribution in [2.75, 3.05) is 20.2 Å². The molecule has 7 heteroatoms. The van der Waals surface area contributed by atoms with Crippen molar-refractivity contribution in [2.45, 2.75) is 13.0 Å². The van der Waals surface area contributed by atoms with Crippen LogP contribution in [-0.4, -0.2) is 40.8 Å². The van der Waals surface area contributed by atoms with E-state index >= 15 is 0 Å². The molecule has 1 aromatic heterocycles. The summed E-state index contributed by atoms with van der Waals surface area (Å²) in [5.74, 6) is 0.550. The van der Waals surface area contributed by atoms with Crippen LogP contribution in [0.25, 0.3) is 11.3 Å². The normalized spacial score (nSPS) is 13.8. The number of methoxy groups -OCH3 is 1. The van der Waals surface area contributed by atoms with Crippen LogP contribution >= 0.6 is 11.6 Å². The van der Waals surface area contributed by atoms with E-state index in [0.717, 1.165) is 11.1 Å². The Balaban J connectivity index is 1.56. The van der Waals surface area contributed by atoms with Crippen molar-refractivity contribution in [3.63, 3.8) is 0 Å². The molecule has 1 saturated heterocycles. The number of aromatic nitrogens is 2. The Hall–Kier alpha value is -3.12. The molecule has 2 heterocycles. The number of likely N-dealkylation sites (tertiary alicyclic amines) is 1. The molecule has 1 amide bonds. The summed E-state index contributed by atoms with van der Waals surface area (Å²) in [4.78, 5) is 26.7. The highest BCUT2D eigenvalue weighted by atomic mass is 35.5. The summed E-state index contributed by atoms with van der Waals surface area (Å²) in [7, 11) is 1.56. The zero-order valence-corrected chi connectivity index (χ0v) is 16.9. The number of hydrogen-bond acceptors (Lipinski definition) is 4. The molecule has 0 aliphatic carbocycles. The summed E-state index contributed by atoms with van der Waals surface area (Å²) < 4.78 is 6.84. The molecular formula is C22H20ClN3O3. The molecule has 2 aromatic carbocycles. The number of halogens is 1. The predicted molar refractivity (Wildman–Crippen MR) is 112 cm³/mol. The number of rotatable bonds is 4. The van der Waals surface area contributed by atoms with Crippen LogP contribution in [0.4, 0.5) is 0 Å². The Morgan fingerprint density at radius 2 is 1.93 bits per heavy atom. The number of nitrogens with zero attached hydrogens (tertiary/aromatic N) is 3. The zero-order chi connectivity index (χ0) is 20.5. The van der Waals surface area contributed by atoms with Gasteiger partial charge in [0.1, 0.15) is 5.75 Å². The smallest absolute Gasteiger partial charge is 0.267 e. The Labute approximate surface area is 173 Å². The molecule has 148 valence electrons. The quantitative estimate of drug-likeness (QED) is 0.660. The average Bonchev–Trinajstić information content (AvgIpc) is 2.68. The lowest BCUT2D eigenvalue weighted by Crippen LogP contribution is -2.53. The molecule has 0 N–H and O–H groups in total. The van der Waals surface area contributed by atoms with Gasteiger partial charge in [0, 0.05) is 35.3 Å². The summed E-state index contributed by atoms with van der Waals surface area (Å²) in [6.07, 6.45) is 0. The number of carbonyl (C=O) groups is 1. The fourth-order valence-corrected chi connectivity index (χ4v) is 3.61. The first-order valence-electron chi connectivity index (χ1n) is 9.26. The molecule has 0 radical (unpaired) electrons. The predicted octanol–water partition coefficient (Wildman–Crippen LogP) is 3.58. The van der Waals surface area contributed by atoms with Crippen LogP contribution in [0.5, 0.6) is 5.75 Å². The van der Waals surface area contributed by atoms with Gasteiger partial charge >= 0.3 is 0 Å². The largest absolute Gasteiger partial charge is 0.496 e. The average molecular weight is 410 g/mol. The van der Waals surface area contributed by atoms with Crippen LogP contribution in [-0.2, 0) is 0 Å². The van der Waals surface area contributed by atoms with Gasteiger partial charge in [0.2, 0.25) is 0 Å². The van der Waals surface area contributed by atoms with Gasteiger partial charge in [-0.1, -0.05) is 29.3 Å². The van der Waals surface area contributed by atoms with Gasteiger partial charge < -0.3 is 9.64 Å². The van der Waals surface area contributed by atoms with Crippen LogP contribution in [0.3, 0.4) is 0 Å². The van der Waals surface area contributed by atoms with Crippen LogP contribution in [0.1, 0.15) is 22.0 Å². The fourth-order valence-electron chi connectivity index (χ4n) is 3.44. The number of carbonyl (C=O) groups excluding carboxylic acids is 1. The highest BCUT2D eigenvalue weighted by molar-refractivity contribution is 6.30. The van der Waals surface area contributed by atoms with Gasteiger partial charge in [-0.3, -0.25) is 9.59 Å². The lowest BCUT2D eigenvalue weighted by atomic mass is 10.1. The minimum atomic E-state index is -0.200. The third-order valence-electron chi connectivity index (χ3n) is 5.02. The molecule has 0 atom stereocenters. The van der Waals surface area contributed by atoms with Gasteiger partial charge in [0.15, 0.2) is 0 Å². The Morgan fingerprint density at radius 3 is 2.66 bits per heavy atom. The van der Waals surface area contributed by atoms with Gasteiger partial charge in [-0.15, -0.1) is 0 Å². The molecule has 1 fully saturated rings. The third-order valence-corrected chi connectivity index (χ3v) is 5.26. The van der Waals surface area contributed by atoms with Gasteiger partial charge in [0.05, 0.1) is 18.8 Å². The maximum atomic E-state index is 12.6. The van der Waals surface area contributed by atoms with E-state index in [-0.39, 0.29) is 17.5 Å². The Morgan fingerprint density at radius 1 is 1.14 bits per heavy atom. The molecule has 0 bridgehead atoms. The zero-order valence-electron chi connectivity index (χ0n) is 16.1. The van der Waals surface area contributed by atoms with Crippen LogP contribution in [0.15, 0.2) is 59.4 Å². The van der Waals surface area contributed by atoms with Crippen molar-refractivity contribution in [3.8, 4) is 17.0 Å². The standard InChI is InChI=1S/C22H20ClN3O3/c1-14-4-3-5-15(10-14)22(28)25-12-17(13-25)26-21(27)9-8-19(24-26)18-7-6-16(23)11-20(18)29-2/h3-11,17H,12-13H2,1-2H3. The van der Waals surface area contributed by atoms with Gasteiger partial charge in [0.25, 0.3) is 11.5 Å². The van der Waals surface area contributed by atoms with Gasteiger partial charge in [-0.25, -0.2) is 4.68 Å². The number of benzene rings is 2. The topological polar surface area (TPSA) is 64.4 Å². The van der Waals surface area contributed by atoms with E-state index in [2.05, 4.69) is 5.10 Å². The van der Waals surface area contributed by atoms with E-state index < -0.39 is 0 Å². The Kier molecular flexibility index (Phi) is 5.11. The van der Waals surface area contributed by atoms with Crippen molar-refractivity contribution >= 4 is 17.5 Å². The molecule has 6 nitrogen and oxygen atoms in total. The van der Waals surface area contributed by atoms with E-state index in [1.807, 2.05) is 31.2 Å². The minimum absolute atomic E-state index is 0.0338. The number of aryl methyl sites for hydroxylation is 1. The van der Waals surface area contributed by atoms with E-state index in [9.17, 15) is 9.59 Å². The Bertz CT molecular complexity index is 1140. The molecule has 29 heavy (non-hydrogen) atoms. The van der Waals surface area contributed by atoms with E-state index in [1.54, 1.807) is 36.3 Å². The molecular weight excluding hydrogens is 390 g/mol. The lowest BCUT2D eigenvalue weighted by molar-refractivity contribution is 0.0493. The van der Waals surface area contributed by atoms with Crippen LogP contribution in [0.2, 0.25) is 5.02 Å². The van der Waals surface area contributed by atoms with Crippen molar-refractivity contribution in [1.82, 2.24) is 14.7 Å². The summed E-state index contributed by atoms with van der Waals surface area (Å²) in [5, 5.41) is 5.09. The van der Waals surface area contributed by atoms with Gasteiger partial charge in [-0.2, -0.15) is 5.10 Å². The first-order valence-corrected chi connectivity index (χ1v) is 9.64. The fraction of sp³-hybridized carbons (Fsp3) is 0.227. The second kappa shape index (κ2) is 7.72. The van der Waals surface area contributed by atoms with Crippen molar-refractivity contribution in [1.29, 1.82) is 0 Å². The monoisotopic (exact) mass is 409 g/mol. The highest BCUT2D eigenvalue weighted by Crippen LogP contribution is 2.31. The highest BCUT2D eigenvalue weighted by Gasteiger charge is 2.34.